The van der Waals surface area contributed by atoms with Gasteiger partial charge < -0.3 is 19.9 Å². The first-order valence-electron chi connectivity index (χ1n) is 8.78. The van der Waals surface area contributed by atoms with Crippen molar-refractivity contribution in [3.05, 3.63) is 36.0 Å². The van der Waals surface area contributed by atoms with Crippen LogP contribution in [-0.2, 0) is 4.79 Å². The molecule has 2 amide bonds. The third-order valence-corrected chi connectivity index (χ3v) is 4.83. The molecule has 25 heavy (non-hydrogen) atoms. The molecule has 134 valence electrons. The SMILES string of the molecule is CC(C)C(O)CC(=O)N1CCN(C(=O)c2cc3ccccc3[nH]2)CC1. The van der Waals surface area contributed by atoms with Gasteiger partial charge in [0, 0.05) is 37.1 Å². The molecular formula is C19H25N3O3. The number of aliphatic hydroxyl groups excluding tert-OH is 1. The lowest BCUT2D eigenvalue weighted by molar-refractivity contribution is -0.135. The highest BCUT2D eigenvalue weighted by molar-refractivity contribution is 5.98. The standard InChI is InChI=1S/C19H25N3O3/c1-13(2)17(23)12-18(24)21-7-9-22(10-8-21)19(25)16-11-14-5-3-4-6-15(14)20-16/h3-6,11,13,17,20,23H,7-10,12H2,1-2H3. The average molecular weight is 343 g/mol. The number of para-hydroxylation sites is 1. The first-order chi connectivity index (χ1) is 12.0. The highest BCUT2D eigenvalue weighted by Crippen LogP contribution is 2.17. The van der Waals surface area contributed by atoms with Crippen molar-refractivity contribution in [2.75, 3.05) is 26.2 Å². The predicted octanol–water partition coefficient (Wildman–Crippen LogP) is 1.86. The quantitative estimate of drug-likeness (QED) is 0.890. The lowest BCUT2D eigenvalue weighted by Crippen LogP contribution is -2.51. The van der Waals surface area contributed by atoms with Gasteiger partial charge in [-0.25, -0.2) is 0 Å². The van der Waals surface area contributed by atoms with Crippen LogP contribution in [0.25, 0.3) is 10.9 Å². The fraction of sp³-hybridized carbons (Fsp3) is 0.474. The maximum Gasteiger partial charge on any atom is 0.270 e. The van der Waals surface area contributed by atoms with Gasteiger partial charge in [-0.05, 0) is 18.1 Å². The van der Waals surface area contributed by atoms with Crippen LogP contribution >= 0.6 is 0 Å². The molecule has 1 unspecified atom stereocenters. The van der Waals surface area contributed by atoms with Crippen LogP contribution in [0.5, 0.6) is 0 Å². The maximum atomic E-state index is 12.7. The largest absolute Gasteiger partial charge is 0.392 e. The number of amides is 2. The molecule has 1 saturated heterocycles. The monoisotopic (exact) mass is 343 g/mol. The molecule has 0 saturated carbocycles. The number of carbonyl (C=O) groups excluding carboxylic acids is 2. The van der Waals surface area contributed by atoms with Crippen molar-refractivity contribution in [2.24, 2.45) is 5.92 Å². The summed E-state index contributed by atoms with van der Waals surface area (Å²) >= 11 is 0. The molecule has 1 fully saturated rings. The number of hydrogen-bond donors (Lipinski definition) is 2. The average Bonchev–Trinajstić information content (AvgIpc) is 3.05. The van der Waals surface area contributed by atoms with Crippen molar-refractivity contribution in [1.29, 1.82) is 0 Å². The minimum absolute atomic E-state index is 0.0366. The molecule has 0 aliphatic carbocycles. The van der Waals surface area contributed by atoms with Crippen molar-refractivity contribution >= 4 is 22.7 Å². The third-order valence-electron chi connectivity index (χ3n) is 4.83. The molecule has 1 aliphatic heterocycles. The number of piperazine rings is 1. The van der Waals surface area contributed by atoms with E-state index in [0.29, 0.717) is 31.9 Å². The third kappa shape index (κ3) is 3.85. The van der Waals surface area contributed by atoms with Gasteiger partial charge in [-0.15, -0.1) is 0 Å². The summed E-state index contributed by atoms with van der Waals surface area (Å²) in [5.41, 5.74) is 1.53. The number of aromatic nitrogens is 1. The number of fused-ring (bicyclic) bond motifs is 1. The molecular weight excluding hydrogens is 318 g/mol. The molecule has 3 rings (SSSR count). The van der Waals surface area contributed by atoms with E-state index in [1.54, 1.807) is 9.80 Å². The molecule has 0 radical (unpaired) electrons. The molecule has 0 spiro atoms. The molecule has 2 heterocycles. The molecule has 6 nitrogen and oxygen atoms in total. The van der Waals surface area contributed by atoms with Gasteiger partial charge >= 0.3 is 0 Å². The van der Waals surface area contributed by atoms with Crippen molar-refractivity contribution in [3.8, 4) is 0 Å². The second kappa shape index (κ2) is 7.27. The summed E-state index contributed by atoms with van der Waals surface area (Å²) in [4.78, 5) is 31.6. The zero-order chi connectivity index (χ0) is 18.0. The van der Waals surface area contributed by atoms with Gasteiger partial charge in [-0.1, -0.05) is 32.0 Å². The molecule has 6 heteroatoms. The van der Waals surface area contributed by atoms with Crippen LogP contribution in [0, 0.1) is 5.92 Å². The number of nitrogens with zero attached hydrogens (tertiary/aromatic N) is 2. The van der Waals surface area contributed by atoms with E-state index in [-0.39, 0.29) is 24.2 Å². The van der Waals surface area contributed by atoms with Gasteiger partial charge in [0.15, 0.2) is 0 Å². The van der Waals surface area contributed by atoms with Crippen LogP contribution < -0.4 is 0 Å². The number of aliphatic hydroxyl groups is 1. The number of rotatable bonds is 4. The first-order valence-corrected chi connectivity index (χ1v) is 8.78. The highest BCUT2D eigenvalue weighted by Gasteiger charge is 2.27. The maximum absolute atomic E-state index is 12.7. The summed E-state index contributed by atoms with van der Waals surface area (Å²) in [5, 5.41) is 10.9. The highest BCUT2D eigenvalue weighted by atomic mass is 16.3. The van der Waals surface area contributed by atoms with E-state index in [2.05, 4.69) is 4.98 Å². The minimum atomic E-state index is -0.612. The Morgan fingerprint density at radius 3 is 2.40 bits per heavy atom. The van der Waals surface area contributed by atoms with Crippen molar-refractivity contribution < 1.29 is 14.7 Å². The Kier molecular flexibility index (Phi) is 5.08. The van der Waals surface area contributed by atoms with E-state index in [1.807, 2.05) is 44.2 Å². The summed E-state index contributed by atoms with van der Waals surface area (Å²) in [6.07, 6.45) is -0.466. The molecule has 1 aromatic carbocycles. The van der Waals surface area contributed by atoms with Gasteiger partial charge in [0.2, 0.25) is 5.91 Å². The molecule has 0 bridgehead atoms. The Bertz CT molecular complexity index is 727. The lowest BCUT2D eigenvalue weighted by atomic mass is 10.0. The van der Waals surface area contributed by atoms with Gasteiger partial charge in [-0.2, -0.15) is 0 Å². The normalized spacial score (nSPS) is 16.5. The molecule has 1 aliphatic rings. The fourth-order valence-electron chi connectivity index (χ4n) is 3.06. The smallest absolute Gasteiger partial charge is 0.270 e. The van der Waals surface area contributed by atoms with Crippen molar-refractivity contribution in [3.63, 3.8) is 0 Å². The Morgan fingerprint density at radius 1 is 1.12 bits per heavy atom. The van der Waals surface area contributed by atoms with E-state index in [4.69, 9.17) is 0 Å². The predicted molar refractivity (Wildman–Crippen MR) is 96.2 cm³/mol. The number of benzene rings is 1. The van der Waals surface area contributed by atoms with Gasteiger partial charge in [0.1, 0.15) is 5.69 Å². The Labute approximate surface area is 147 Å². The first kappa shape index (κ1) is 17.5. The van der Waals surface area contributed by atoms with Gasteiger partial charge in [0.25, 0.3) is 5.91 Å². The molecule has 1 atom stereocenters. The number of carbonyl (C=O) groups is 2. The zero-order valence-corrected chi connectivity index (χ0v) is 14.7. The van der Waals surface area contributed by atoms with E-state index in [9.17, 15) is 14.7 Å². The van der Waals surface area contributed by atoms with Gasteiger partial charge in [-0.3, -0.25) is 9.59 Å². The van der Waals surface area contributed by atoms with Crippen LogP contribution in [0.2, 0.25) is 0 Å². The van der Waals surface area contributed by atoms with Crippen LogP contribution in [0.3, 0.4) is 0 Å². The summed E-state index contributed by atoms with van der Waals surface area (Å²) in [6, 6.07) is 9.67. The summed E-state index contributed by atoms with van der Waals surface area (Å²) < 4.78 is 0. The Morgan fingerprint density at radius 2 is 1.76 bits per heavy atom. The van der Waals surface area contributed by atoms with Crippen LogP contribution in [0.1, 0.15) is 30.8 Å². The van der Waals surface area contributed by atoms with E-state index in [1.165, 1.54) is 0 Å². The number of aromatic amines is 1. The van der Waals surface area contributed by atoms with Crippen molar-refractivity contribution in [2.45, 2.75) is 26.4 Å². The number of nitrogens with one attached hydrogen (secondary N) is 1. The summed E-state index contributed by atoms with van der Waals surface area (Å²) in [5.74, 6) is -0.0155. The fourth-order valence-corrected chi connectivity index (χ4v) is 3.06. The topological polar surface area (TPSA) is 76.6 Å². The van der Waals surface area contributed by atoms with E-state index >= 15 is 0 Å². The summed E-state index contributed by atoms with van der Waals surface area (Å²) in [7, 11) is 0. The number of H-pyrrole nitrogens is 1. The van der Waals surface area contributed by atoms with Crippen LogP contribution in [-0.4, -0.2) is 64.0 Å². The van der Waals surface area contributed by atoms with Gasteiger partial charge in [0.05, 0.1) is 12.5 Å². The molecule has 2 N–H and O–H groups in total. The zero-order valence-electron chi connectivity index (χ0n) is 14.7. The second-order valence-electron chi connectivity index (χ2n) is 6.96. The molecule has 1 aromatic heterocycles. The van der Waals surface area contributed by atoms with Crippen LogP contribution in [0.4, 0.5) is 0 Å². The molecule has 2 aromatic rings. The summed E-state index contributed by atoms with van der Waals surface area (Å²) in [6.45, 7) is 5.84. The lowest BCUT2D eigenvalue weighted by Gasteiger charge is -2.35. The minimum Gasteiger partial charge on any atom is -0.392 e. The second-order valence-corrected chi connectivity index (χ2v) is 6.96. The van der Waals surface area contributed by atoms with E-state index < -0.39 is 6.10 Å². The Balaban J connectivity index is 1.58. The van der Waals surface area contributed by atoms with Crippen LogP contribution in [0.15, 0.2) is 30.3 Å². The Hall–Kier alpha value is -2.34. The number of hydrogen-bond acceptors (Lipinski definition) is 3. The van der Waals surface area contributed by atoms with Crippen molar-refractivity contribution in [1.82, 2.24) is 14.8 Å². The van der Waals surface area contributed by atoms with E-state index in [0.717, 1.165) is 10.9 Å².